The van der Waals surface area contributed by atoms with Gasteiger partial charge in [0.2, 0.25) is 0 Å². The number of hydrogen-bond donors (Lipinski definition) is 1. The molecule has 0 aliphatic heterocycles. The summed E-state index contributed by atoms with van der Waals surface area (Å²) in [6.07, 6.45) is 1.74. The maximum absolute atomic E-state index is 13.5. The second-order valence-electron chi connectivity index (χ2n) is 4.58. The van der Waals surface area contributed by atoms with Crippen LogP contribution in [0.1, 0.15) is 17.2 Å². The van der Waals surface area contributed by atoms with Crippen molar-refractivity contribution in [1.82, 2.24) is 4.98 Å². The smallest absolute Gasteiger partial charge is 0.142 e. The highest BCUT2D eigenvalue weighted by atomic mass is 35.5. The molecule has 3 rings (SSSR count). The Morgan fingerprint density at radius 1 is 1.10 bits per heavy atom. The fourth-order valence-corrected chi connectivity index (χ4v) is 2.47. The van der Waals surface area contributed by atoms with Gasteiger partial charge >= 0.3 is 0 Å². The van der Waals surface area contributed by atoms with Crippen LogP contribution in [0.4, 0.5) is 4.39 Å². The highest BCUT2D eigenvalue weighted by molar-refractivity contribution is 6.31. The average Bonchev–Trinajstić information content (AvgIpc) is 2.49. The largest absolute Gasteiger partial charge is 0.320 e. The van der Waals surface area contributed by atoms with Crippen LogP contribution in [0.2, 0.25) is 5.02 Å². The number of pyridine rings is 1. The van der Waals surface area contributed by atoms with Crippen LogP contribution >= 0.6 is 11.6 Å². The molecule has 0 radical (unpaired) electrons. The van der Waals surface area contributed by atoms with Gasteiger partial charge in [0.15, 0.2) is 0 Å². The van der Waals surface area contributed by atoms with Gasteiger partial charge in [-0.1, -0.05) is 35.9 Å². The summed E-state index contributed by atoms with van der Waals surface area (Å²) < 4.78 is 13.5. The third-order valence-electron chi connectivity index (χ3n) is 3.30. The standard InChI is InChI=1S/C16H12ClFN2/c17-15-12(4-1-5-13(15)18)16(19)11-6-7-14-10(9-11)3-2-8-20-14/h1-9,16H,19H2. The van der Waals surface area contributed by atoms with Gasteiger partial charge in [-0.2, -0.15) is 0 Å². The van der Waals surface area contributed by atoms with Crippen molar-refractivity contribution < 1.29 is 4.39 Å². The molecule has 0 saturated heterocycles. The highest BCUT2D eigenvalue weighted by Crippen LogP contribution is 2.29. The van der Waals surface area contributed by atoms with Crippen molar-refractivity contribution in [3.63, 3.8) is 0 Å². The molecule has 0 aliphatic rings. The van der Waals surface area contributed by atoms with E-state index in [1.54, 1.807) is 18.3 Å². The summed E-state index contributed by atoms with van der Waals surface area (Å²) in [5.41, 5.74) is 8.55. The molecule has 0 aliphatic carbocycles. The lowest BCUT2D eigenvalue weighted by Gasteiger charge is -2.15. The van der Waals surface area contributed by atoms with Crippen molar-refractivity contribution in [3.05, 3.63) is 76.7 Å². The molecule has 3 aromatic rings. The molecule has 0 spiro atoms. The third kappa shape index (κ3) is 2.26. The van der Waals surface area contributed by atoms with Gasteiger partial charge in [0.1, 0.15) is 5.82 Å². The van der Waals surface area contributed by atoms with Crippen molar-refractivity contribution >= 4 is 22.5 Å². The van der Waals surface area contributed by atoms with Crippen LogP contribution in [0.25, 0.3) is 10.9 Å². The van der Waals surface area contributed by atoms with E-state index in [0.29, 0.717) is 5.56 Å². The molecule has 2 nitrogen and oxygen atoms in total. The molecule has 100 valence electrons. The summed E-state index contributed by atoms with van der Waals surface area (Å²) in [5, 5.41) is 1.07. The molecule has 2 N–H and O–H groups in total. The Labute approximate surface area is 121 Å². The normalized spacial score (nSPS) is 12.6. The van der Waals surface area contributed by atoms with Gasteiger partial charge < -0.3 is 5.73 Å². The van der Waals surface area contributed by atoms with Crippen LogP contribution in [0.5, 0.6) is 0 Å². The van der Waals surface area contributed by atoms with Gasteiger partial charge in [0, 0.05) is 11.6 Å². The Hall–Kier alpha value is -1.97. The monoisotopic (exact) mass is 286 g/mol. The molecule has 0 amide bonds. The molecule has 1 atom stereocenters. The number of halogens is 2. The first-order valence-electron chi connectivity index (χ1n) is 6.21. The number of aromatic nitrogens is 1. The quantitative estimate of drug-likeness (QED) is 0.771. The van der Waals surface area contributed by atoms with Gasteiger partial charge in [-0.3, -0.25) is 4.98 Å². The SMILES string of the molecule is NC(c1ccc2ncccc2c1)c1cccc(F)c1Cl. The number of rotatable bonds is 2. The maximum atomic E-state index is 13.5. The summed E-state index contributed by atoms with van der Waals surface area (Å²) >= 11 is 5.99. The minimum atomic E-state index is -0.470. The van der Waals surface area contributed by atoms with Crippen LogP contribution in [0.3, 0.4) is 0 Å². The van der Waals surface area contributed by atoms with E-state index in [9.17, 15) is 4.39 Å². The topological polar surface area (TPSA) is 38.9 Å². The van der Waals surface area contributed by atoms with Crippen LogP contribution in [-0.2, 0) is 0 Å². The van der Waals surface area contributed by atoms with E-state index in [0.717, 1.165) is 16.5 Å². The van der Waals surface area contributed by atoms with Crippen molar-refractivity contribution in [2.75, 3.05) is 0 Å². The Morgan fingerprint density at radius 2 is 1.95 bits per heavy atom. The van der Waals surface area contributed by atoms with E-state index in [4.69, 9.17) is 17.3 Å². The molecule has 1 unspecified atom stereocenters. The van der Waals surface area contributed by atoms with E-state index in [1.165, 1.54) is 6.07 Å². The van der Waals surface area contributed by atoms with Gasteiger partial charge in [0.25, 0.3) is 0 Å². The first-order chi connectivity index (χ1) is 9.66. The van der Waals surface area contributed by atoms with Crippen LogP contribution in [0, 0.1) is 5.82 Å². The molecule has 1 aromatic heterocycles. The highest BCUT2D eigenvalue weighted by Gasteiger charge is 2.15. The van der Waals surface area contributed by atoms with Crippen LogP contribution in [-0.4, -0.2) is 4.98 Å². The molecule has 0 fully saturated rings. The number of nitrogens with zero attached hydrogens (tertiary/aromatic N) is 1. The fourth-order valence-electron chi connectivity index (χ4n) is 2.23. The Morgan fingerprint density at radius 3 is 2.80 bits per heavy atom. The summed E-state index contributed by atoms with van der Waals surface area (Å²) in [7, 11) is 0. The summed E-state index contributed by atoms with van der Waals surface area (Å²) in [6.45, 7) is 0. The second kappa shape index (κ2) is 5.19. The first kappa shape index (κ1) is 13.0. The Balaban J connectivity index is 2.08. The Kier molecular flexibility index (Phi) is 3.38. The predicted octanol–water partition coefficient (Wildman–Crippen LogP) is 4.08. The van der Waals surface area contributed by atoms with E-state index in [2.05, 4.69) is 4.98 Å². The third-order valence-corrected chi connectivity index (χ3v) is 3.70. The van der Waals surface area contributed by atoms with Gasteiger partial charge in [-0.15, -0.1) is 0 Å². The van der Waals surface area contributed by atoms with E-state index in [-0.39, 0.29) is 5.02 Å². The van der Waals surface area contributed by atoms with Crippen molar-refractivity contribution in [3.8, 4) is 0 Å². The van der Waals surface area contributed by atoms with Crippen LogP contribution < -0.4 is 5.73 Å². The van der Waals surface area contributed by atoms with E-state index in [1.807, 2.05) is 30.3 Å². The minimum Gasteiger partial charge on any atom is -0.320 e. The zero-order chi connectivity index (χ0) is 14.1. The first-order valence-corrected chi connectivity index (χ1v) is 6.59. The van der Waals surface area contributed by atoms with Gasteiger partial charge in [0.05, 0.1) is 16.6 Å². The van der Waals surface area contributed by atoms with Gasteiger partial charge in [-0.25, -0.2) is 4.39 Å². The van der Waals surface area contributed by atoms with Crippen molar-refractivity contribution in [1.29, 1.82) is 0 Å². The minimum absolute atomic E-state index is 0.0753. The number of hydrogen-bond acceptors (Lipinski definition) is 2. The average molecular weight is 287 g/mol. The lowest BCUT2D eigenvalue weighted by atomic mass is 9.98. The van der Waals surface area contributed by atoms with Crippen molar-refractivity contribution in [2.45, 2.75) is 6.04 Å². The molecular weight excluding hydrogens is 275 g/mol. The van der Waals surface area contributed by atoms with Crippen molar-refractivity contribution in [2.24, 2.45) is 5.73 Å². The summed E-state index contributed by atoms with van der Waals surface area (Å²) in [6, 6.07) is 13.8. The molecule has 2 aromatic carbocycles. The second-order valence-corrected chi connectivity index (χ2v) is 4.95. The molecule has 1 heterocycles. The summed E-state index contributed by atoms with van der Waals surface area (Å²) in [5.74, 6) is -0.456. The van der Waals surface area contributed by atoms with E-state index < -0.39 is 11.9 Å². The number of nitrogens with two attached hydrogens (primary N) is 1. The predicted molar refractivity (Wildman–Crippen MR) is 79.2 cm³/mol. The Bertz CT molecular complexity index is 773. The zero-order valence-corrected chi connectivity index (χ0v) is 11.3. The summed E-state index contributed by atoms with van der Waals surface area (Å²) in [4.78, 5) is 4.26. The van der Waals surface area contributed by atoms with Crippen LogP contribution in [0.15, 0.2) is 54.7 Å². The molecule has 0 bridgehead atoms. The van der Waals surface area contributed by atoms with E-state index >= 15 is 0 Å². The molecule has 4 heteroatoms. The maximum Gasteiger partial charge on any atom is 0.142 e. The molecule has 20 heavy (non-hydrogen) atoms. The number of fused-ring (bicyclic) bond motifs is 1. The molecular formula is C16H12ClFN2. The van der Waals surface area contributed by atoms with Gasteiger partial charge in [-0.05, 0) is 35.4 Å². The molecule has 0 saturated carbocycles. The lowest BCUT2D eigenvalue weighted by molar-refractivity contribution is 0.624. The fraction of sp³-hybridized carbons (Fsp3) is 0.0625. The lowest BCUT2D eigenvalue weighted by Crippen LogP contribution is -2.12. The number of benzene rings is 2. The zero-order valence-electron chi connectivity index (χ0n) is 10.6.